The molecule has 0 amide bonds. The summed E-state index contributed by atoms with van der Waals surface area (Å²) < 4.78 is 16.4. The fraction of sp³-hybridized carbons (Fsp3) is 0.520. The van der Waals surface area contributed by atoms with Crippen LogP contribution in [0.25, 0.3) is 0 Å². The van der Waals surface area contributed by atoms with E-state index in [-0.39, 0.29) is 23.8 Å². The smallest absolute Gasteiger partial charge is 0.345 e. The van der Waals surface area contributed by atoms with Crippen LogP contribution in [0.5, 0.6) is 11.5 Å². The molecule has 11 nitrogen and oxygen atoms in total. The number of carboxylic acids is 2. The van der Waals surface area contributed by atoms with Gasteiger partial charge in [0.2, 0.25) is 6.10 Å². The third kappa shape index (κ3) is 3.52. The molecule has 1 saturated carbocycles. The predicted octanol–water partition coefficient (Wildman–Crippen LogP) is 1.56. The highest BCUT2D eigenvalue weighted by Gasteiger charge is 2.70. The van der Waals surface area contributed by atoms with Crippen LogP contribution in [0.15, 0.2) is 24.0 Å². The second-order valence-corrected chi connectivity index (χ2v) is 9.83. The van der Waals surface area contributed by atoms with Crippen molar-refractivity contribution in [1.82, 2.24) is 0 Å². The van der Waals surface area contributed by atoms with Gasteiger partial charge in [-0.25, -0.2) is 4.79 Å². The Labute approximate surface area is 205 Å². The van der Waals surface area contributed by atoms with Gasteiger partial charge in [0.05, 0.1) is 30.3 Å². The molecule has 36 heavy (non-hydrogen) atoms. The largest absolute Gasteiger partial charge is 0.504 e. The van der Waals surface area contributed by atoms with Crippen LogP contribution < -0.4 is 4.74 Å². The molecule has 5 atom stereocenters. The third-order valence-corrected chi connectivity index (χ3v) is 7.94. The molecule has 4 aliphatic rings. The van der Waals surface area contributed by atoms with Crippen LogP contribution in [-0.2, 0) is 40.5 Å². The van der Waals surface area contributed by atoms with Crippen molar-refractivity contribution < 1.29 is 53.8 Å². The molecule has 5 rings (SSSR count). The zero-order valence-electron chi connectivity index (χ0n) is 19.3. The number of hydrogen-bond acceptors (Lipinski definition) is 9. The number of phenols is 1. The SMILES string of the molecule is O=C(O)C[C@@H](OC(=O)CCC(=O)OC1=CC[C@@]2(O)[C@@H]3CCC[C@@]24c2c(ccc(O)c2O[C@@H]14)C3)C(=O)O. The molecule has 4 N–H and O–H groups in total. The van der Waals surface area contributed by atoms with E-state index in [1.807, 2.05) is 6.07 Å². The van der Waals surface area contributed by atoms with Gasteiger partial charge in [-0.15, -0.1) is 0 Å². The van der Waals surface area contributed by atoms with Crippen molar-refractivity contribution in [2.75, 3.05) is 0 Å². The Hall–Kier alpha value is -3.60. The molecule has 1 aliphatic heterocycles. The number of carboxylic acid groups (broad SMARTS) is 2. The standard InChI is InChI=1S/C25H26O11/c26-14-4-3-12-10-13-2-1-8-24-20(12)21(14)36-22(24)15(7-9-25(13,24)33)34-18(29)5-6-19(30)35-16(23(31)32)11-17(27)28/h3-4,7,13,16,22,26,33H,1-2,5-6,8-11H2,(H,27,28)(H,31,32)/t13-,16-,22+,24+,25-/m1/s1. The van der Waals surface area contributed by atoms with E-state index in [0.717, 1.165) is 24.0 Å². The lowest BCUT2D eigenvalue weighted by atomic mass is 9.47. The normalized spacial score (nSPS) is 29.8. The van der Waals surface area contributed by atoms with Crippen molar-refractivity contribution in [3.63, 3.8) is 0 Å². The van der Waals surface area contributed by atoms with Crippen LogP contribution in [0, 0.1) is 5.92 Å². The lowest BCUT2D eigenvalue weighted by Gasteiger charge is -2.59. The minimum absolute atomic E-state index is 0.00315. The van der Waals surface area contributed by atoms with E-state index in [2.05, 4.69) is 4.74 Å². The summed E-state index contributed by atoms with van der Waals surface area (Å²) in [4.78, 5) is 46.4. The number of phenolic OH excluding ortho intramolecular Hbond substituents is 1. The molecule has 0 radical (unpaired) electrons. The van der Waals surface area contributed by atoms with Crippen LogP contribution in [0.2, 0.25) is 0 Å². The highest BCUT2D eigenvalue weighted by Crippen LogP contribution is 2.67. The number of ether oxygens (including phenoxy) is 3. The van der Waals surface area contributed by atoms with E-state index in [0.29, 0.717) is 18.6 Å². The highest BCUT2D eigenvalue weighted by molar-refractivity contribution is 5.84. The molecule has 1 heterocycles. The van der Waals surface area contributed by atoms with Crippen molar-refractivity contribution in [3.8, 4) is 11.5 Å². The average Bonchev–Trinajstić information content (AvgIpc) is 3.15. The average molecular weight is 502 g/mol. The fourth-order valence-corrected chi connectivity index (χ4v) is 6.47. The quantitative estimate of drug-likeness (QED) is 0.379. The zero-order valence-corrected chi connectivity index (χ0v) is 19.3. The lowest BCUT2D eigenvalue weighted by Crippen LogP contribution is -2.67. The van der Waals surface area contributed by atoms with Crippen molar-refractivity contribution in [3.05, 3.63) is 35.1 Å². The lowest BCUT2D eigenvalue weighted by molar-refractivity contribution is -0.168. The maximum atomic E-state index is 12.6. The van der Waals surface area contributed by atoms with Gasteiger partial charge in [-0.1, -0.05) is 12.5 Å². The Kier molecular flexibility index (Phi) is 5.70. The molecular formula is C25H26O11. The van der Waals surface area contributed by atoms with Gasteiger partial charge in [0, 0.05) is 5.56 Å². The first-order chi connectivity index (χ1) is 17.1. The van der Waals surface area contributed by atoms with Gasteiger partial charge in [0.25, 0.3) is 0 Å². The molecule has 1 aromatic rings. The number of benzene rings is 1. The molecule has 11 heteroatoms. The van der Waals surface area contributed by atoms with Crippen LogP contribution in [0.1, 0.15) is 56.1 Å². The zero-order chi connectivity index (χ0) is 25.8. The van der Waals surface area contributed by atoms with Crippen LogP contribution in [-0.4, -0.2) is 62.1 Å². The van der Waals surface area contributed by atoms with Crippen molar-refractivity contribution in [1.29, 1.82) is 0 Å². The van der Waals surface area contributed by atoms with E-state index in [1.165, 1.54) is 0 Å². The number of aromatic hydroxyl groups is 1. The Morgan fingerprint density at radius 3 is 2.61 bits per heavy atom. The van der Waals surface area contributed by atoms with Gasteiger partial charge in [-0.3, -0.25) is 14.4 Å². The van der Waals surface area contributed by atoms with E-state index >= 15 is 0 Å². The molecule has 1 aromatic carbocycles. The van der Waals surface area contributed by atoms with E-state index in [1.54, 1.807) is 12.1 Å². The molecule has 1 fully saturated rings. The number of aliphatic carboxylic acids is 2. The maximum Gasteiger partial charge on any atom is 0.345 e. The fourth-order valence-electron chi connectivity index (χ4n) is 6.47. The van der Waals surface area contributed by atoms with Crippen molar-refractivity contribution >= 4 is 23.9 Å². The molecule has 3 aliphatic carbocycles. The van der Waals surface area contributed by atoms with E-state index < -0.39 is 66.4 Å². The third-order valence-electron chi connectivity index (χ3n) is 7.94. The maximum absolute atomic E-state index is 12.6. The topological polar surface area (TPSA) is 177 Å². The van der Waals surface area contributed by atoms with Crippen LogP contribution in [0.3, 0.4) is 0 Å². The number of carbonyl (C=O) groups is 4. The Balaban J connectivity index is 1.32. The first-order valence-corrected chi connectivity index (χ1v) is 11.9. The molecule has 0 saturated heterocycles. The minimum atomic E-state index is -1.86. The second-order valence-electron chi connectivity index (χ2n) is 9.83. The monoisotopic (exact) mass is 502 g/mol. The summed E-state index contributed by atoms with van der Waals surface area (Å²) in [6.45, 7) is 0. The molecule has 0 unspecified atom stereocenters. The summed E-state index contributed by atoms with van der Waals surface area (Å²) >= 11 is 0. The first kappa shape index (κ1) is 24.1. The Morgan fingerprint density at radius 1 is 1.14 bits per heavy atom. The second kappa shape index (κ2) is 8.51. The van der Waals surface area contributed by atoms with Crippen molar-refractivity contribution in [2.45, 2.75) is 74.6 Å². The number of carbonyl (C=O) groups excluding carboxylic acids is 2. The number of esters is 2. The van der Waals surface area contributed by atoms with Gasteiger partial charge >= 0.3 is 23.9 Å². The summed E-state index contributed by atoms with van der Waals surface area (Å²) in [5.41, 5.74) is -0.206. The minimum Gasteiger partial charge on any atom is -0.504 e. The summed E-state index contributed by atoms with van der Waals surface area (Å²) in [5.74, 6) is -4.46. The van der Waals surface area contributed by atoms with Gasteiger partial charge in [-0.05, 0) is 49.3 Å². The Morgan fingerprint density at radius 2 is 1.89 bits per heavy atom. The van der Waals surface area contributed by atoms with Gasteiger partial charge in [-0.2, -0.15) is 0 Å². The molecule has 1 spiro atoms. The molecule has 192 valence electrons. The molecule has 0 aromatic heterocycles. The predicted molar refractivity (Wildman–Crippen MR) is 118 cm³/mol. The highest BCUT2D eigenvalue weighted by atomic mass is 16.6. The van der Waals surface area contributed by atoms with Crippen LogP contribution in [0.4, 0.5) is 0 Å². The van der Waals surface area contributed by atoms with Gasteiger partial charge in [0.15, 0.2) is 17.6 Å². The number of hydrogen-bond donors (Lipinski definition) is 4. The van der Waals surface area contributed by atoms with Gasteiger partial charge in [0.1, 0.15) is 5.76 Å². The summed E-state index contributed by atoms with van der Waals surface area (Å²) in [5, 5.41) is 40.2. The summed E-state index contributed by atoms with van der Waals surface area (Å²) in [6, 6.07) is 3.42. The summed E-state index contributed by atoms with van der Waals surface area (Å²) in [7, 11) is 0. The number of aliphatic hydroxyl groups is 1. The summed E-state index contributed by atoms with van der Waals surface area (Å²) in [6.07, 6.45) is 0.279. The van der Waals surface area contributed by atoms with Crippen molar-refractivity contribution in [2.24, 2.45) is 5.92 Å². The van der Waals surface area contributed by atoms with Gasteiger partial charge < -0.3 is 34.6 Å². The molecule has 2 bridgehead atoms. The Bertz CT molecular complexity index is 1190. The molecular weight excluding hydrogens is 476 g/mol. The van der Waals surface area contributed by atoms with E-state index in [4.69, 9.17) is 19.7 Å². The number of rotatable bonds is 8. The van der Waals surface area contributed by atoms with E-state index in [9.17, 15) is 29.4 Å². The first-order valence-electron chi connectivity index (χ1n) is 11.9. The van der Waals surface area contributed by atoms with Crippen LogP contribution >= 0.6 is 0 Å².